The number of benzene rings is 1. The number of aryl methyl sites for hydroxylation is 1. The Labute approximate surface area is 66.0 Å². The highest BCUT2D eigenvalue weighted by Crippen LogP contribution is 2.14. The molecule has 60 valence electrons. The molecule has 0 amide bonds. The van der Waals surface area contributed by atoms with Crippen LogP contribution in [0.25, 0.3) is 0 Å². The normalized spacial score (nSPS) is 10.0. The Morgan fingerprint density at radius 3 is 2.64 bits per heavy atom. The monoisotopic (exact) mass is 153 g/mol. The molecule has 1 aromatic rings. The van der Waals surface area contributed by atoms with Gasteiger partial charge in [-0.1, -0.05) is 13.0 Å². The van der Waals surface area contributed by atoms with E-state index in [0.717, 1.165) is 12.0 Å². The minimum Gasteiger partial charge on any atom is -0.399 e. The van der Waals surface area contributed by atoms with Crippen molar-refractivity contribution in [3.8, 4) is 0 Å². The van der Waals surface area contributed by atoms with Crippen molar-refractivity contribution in [3.63, 3.8) is 0 Å². The summed E-state index contributed by atoms with van der Waals surface area (Å²) < 4.78 is 12.3. The molecule has 0 aromatic heterocycles. The van der Waals surface area contributed by atoms with E-state index in [4.69, 9.17) is 5.73 Å². The van der Waals surface area contributed by atoms with Crippen LogP contribution in [0, 0.1) is 0 Å². The van der Waals surface area contributed by atoms with Crippen molar-refractivity contribution in [3.05, 3.63) is 29.3 Å². The molecular weight excluding hydrogens is 141 g/mol. The quantitative estimate of drug-likeness (QED) is 0.648. The van der Waals surface area contributed by atoms with Crippen LogP contribution < -0.4 is 5.73 Å². The third-order valence-electron chi connectivity index (χ3n) is 1.76. The van der Waals surface area contributed by atoms with Crippen molar-refractivity contribution in [2.24, 2.45) is 0 Å². The maximum atomic E-state index is 12.3. The number of hydrogen-bond donors (Lipinski definition) is 1. The van der Waals surface area contributed by atoms with Gasteiger partial charge in [0, 0.05) is 5.69 Å². The van der Waals surface area contributed by atoms with Gasteiger partial charge >= 0.3 is 0 Å². The van der Waals surface area contributed by atoms with E-state index in [0.29, 0.717) is 11.3 Å². The summed E-state index contributed by atoms with van der Waals surface area (Å²) >= 11 is 0. The third-order valence-corrected chi connectivity index (χ3v) is 1.76. The molecule has 0 unspecified atom stereocenters. The average molecular weight is 153 g/mol. The molecule has 11 heavy (non-hydrogen) atoms. The van der Waals surface area contributed by atoms with Crippen molar-refractivity contribution >= 4 is 5.69 Å². The molecule has 0 saturated carbocycles. The number of anilines is 1. The molecule has 2 N–H and O–H groups in total. The largest absolute Gasteiger partial charge is 0.399 e. The first-order valence-corrected chi connectivity index (χ1v) is 3.71. The summed E-state index contributed by atoms with van der Waals surface area (Å²) in [4.78, 5) is 0. The summed E-state index contributed by atoms with van der Waals surface area (Å²) in [5.41, 5.74) is 7.88. The summed E-state index contributed by atoms with van der Waals surface area (Å²) in [6.45, 7) is 1.58. The van der Waals surface area contributed by atoms with E-state index in [9.17, 15) is 4.39 Å². The van der Waals surface area contributed by atoms with Gasteiger partial charge in [0.15, 0.2) is 0 Å². The lowest BCUT2D eigenvalue weighted by atomic mass is 10.1. The molecule has 0 aliphatic rings. The van der Waals surface area contributed by atoms with Crippen LogP contribution in [0.5, 0.6) is 0 Å². The number of hydrogen-bond acceptors (Lipinski definition) is 1. The van der Waals surface area contributed by atoms with Gasteiger partial charge in [0.25, 0.3) is 0 Å². The number of halogens is 1. The first-order chi connectivity index (χ1) is 5.27. The van der Waals surface area contributed by atoms with Gasteiger partial charge in [0.05, 0.1) is 0 Å². The molecule has 1 nitrogen and oxygen atoms in total. The summed E-state index contributed by atoms with van der Waals surface area (Å²) in [7, 11) is 0. The van der Waals surface area contributed by atoms with E-state index < -0.39 is 6.67 Å². The maximum Gasteiger partial charge on any atom is 0.115 e. The molecule has 0 radical (unpaired) electrons. The summed E-state index contributed by atoms with van der Waals surface area (Å²) in [5.74, 6) is 0. The minimum absolute atomic E-state index is 0.422. The van der Waals surface area contributed by atoms with Gasteiger partial charge in [0.1, 0.15) is 6.67 Å². The van der Waals surface area contributed by atoms with Crippen LogP contribution in [0.15, 0.2) is 18.2 Å². The van der Waals surface area contributed by atoms with Crippen LogP contribution >= 0.6 is 0 Å². The zero-order valence-electron chi connectivity index (χ0n) is 6.60. The van der Waals surface area contributed by atoms with Crippen molar-refractivity contribution in [2.75, 3.05) is 5.73 Å². The van der Waals surface area contributed by atoms with Crippen molar-refractivity contribution in [1.82, 2.24) is 0 Å². The lowest BCUT2D eigenvalue weighted by molar-refractivity contribution is 0.483. The van der Waals surface area contributed by atoms with Crippen LogP contribution in [-0.2, 0) is 13.1 Å². The molecule has 2 heteroatoms. The average Bonchev–Trinajstić information content (AvgIpc) is 2.04. The summed E-state index contributed by atoms with van der Waals surface area (Å²) in [6.07, 6.45) is 0.861. The molecule has 0 bridgehead atoms. The maximum absolute atomic E-state index is 12.3. The standard InChI is InChI=1S/C9H12FN/c1-2-7-3-4-9(11)5-8(7)6-10/h3-5H,2,6,11H2,1H3. The fourth-order valence-electron chi connectivity index (χ4n) is 1.12. The van der Waals surface area contributed by atoms with E-state index in [-0.39, 0.29) is 0 Å². The highest BCUT2D eigenvalue weighted by atomic mass is 19.1. The molecule has 0 fully saturated rings. The molecular formula is C9H12FN. The van der Waals surface area contributed by atoms with E-state index in [1.54, 1.807) is 12.1 Å². The lowest BCUT2D eigenvalue weighted by Gasteiger charge is -2.03. The van der Waals surface area contributed by atoms with Gasteiger partial charge in [-0.05, 0) is 29.7 Å². The molecule has 0 aliphatic heterocycles. The van der Waals surface area contributed by atoms with Crippen molar-refractivity contribution in [2.45, 2.75) is 20.0 Å². The van der Waals surface area contributed by atoms with Gasteiger partial charge in [-0.25, -0.2) is 4.39 Å². The molecule has 1 aromatic carbocycles. The molecule has 0 aliphatic carbocycles. The van der Waals surface area contributed by atoms with Crippen molar-refractivity contribution < 1.29 is 4.39 Å². The first kappa shape index (κ1) is 8.05. The number of rotatable bonds is 2. The second-order valence-electron chi connectivity index (χ2n) is 2.52. The van der Waals surface area contributed by atoms with Gasteiger partial charge in [0.2, 0.25) is 0 Å². The molecule has 0 spiro atoms. The second-order valence-corrected chi connectivity index (χ2v) is 2.52. The Morgan fingerprint density at radius 1 is 1.36 bits per heavy atom. The number of nitrogen functional groups attached to an aromatic ring is 1. The molecule has 0 saturated heterocycles. The second kappa shape index (κ2) is 3.37. The van der Waals surface area contributed by atoms with Gasteiger partial charge < -0.3 is 5.73 Å². The zero-order chi connectivity index (χ0) is 8.27. The summed E-state index contributed by atoms with van der Waals surface area (Å²) in [6, 6.07) is 5.38. The highest BCUT2D eigenvalue weighted by Gasteiger charge is 1.99. The Balaban J connectivity index is 3.06. The fraction of sp³-hybridized carbons (Fsp3) is 0.333. The van der Waals surface area contributed by atoms with E-state index in [1.165, 1.54) is 0 Å². The molecule has 0 heterocycles. The van der Waals surface area contributed by atoms with Crippen LogP contribution in [0.3, 0.4) is 0 Å². The Morgan fingerprint density at radius 2 is 2.09 bits per heavy atom. The number of alkyl halides is 1. The minimum atomic E-state index is -0.422. The topological polar surface area (TPSA) is 26.0 Å². The Kier molecular flexibility index (Phi) is 2.47. The molecule has 0 atom stereocenters. The number of nitrogens with two attached hydrogens (primary N) is 1. The smallest absolute Gasteiger partial charge is 0.115 e. The van der Waals surface area contributed by atoms with Crippen LogP contribution in [0.4, 0.5) is 10.1 Å². The predicted octanol–water partition coefficient (Wildman–Crippen LogP) is 2.30. The van der Waals surface area contributed by atoms with Gasteiger partial charge in [-0.2, -0.15) is 0 Å². The highest BCUT2D eigenvalue weighted by molar-refractivity contribution is 5.44. The zero-order valence-corrected chi connectivity index (χ0v) is 6.60. The first-order valence-electron chi connectivity index (χ1n) is 3.71. The van der Waals surface area contributed by atoms with Crippen LogP contribution in [0.1, 0.15) is 18.1 Å². The molecule has 1 rings (SSSR count). The fourth-order valence-corrected chi connectivity index (χ4v) is 1.12. The van der Waals surface area contributed by atoms with Crippen molar-refractivity contribution in [1.29, 1.82) is 0 Å². The van der Waals surface area contributed by atoms with E-state index in [2.05, 4.69) is 0 Å². The van der Waals surface area contributed by atoms with Crippen LogP contribution in [-0.4, -0.2) is 0 Å². The Hall–Kier alpha value is -1.05. The SMILES string of the molecule is CCc1ccc(N)cc1CF. The van der Waals surface area contributed by atoms with Crippen LogP contribution in [0.2, 0.25) is 0 Å². The third kappa shape index (κ3) is 1.70. The van der Waals surface area contributed by atoms with Gasteiger partial charge in [-0.15, -0.1) is 0 Å². The van der Waals surface area contributed by atoms with E-state index >= 15 is 0 Å². The predicted molar refractivity (Wildman–Crippen MR) is 45.0 cm³/mol. The van der Waals surface area contributed by atoms with Gasteiger partial charge in [-0.3, -0.25) is 0 Å². The van der Waals surface area contributed by atoms with E-state index in [1.807, 2.05) is 13.0 Å². The summed E-state index contributed by atoms with van der Waals surface area (Å²) in [5, 5.41) is 0. The lowest BCUT2D eigenvalue weighted by Crippen LogP contribution is -1.92. The Bertz CT molecular complexity index is 245.